The van der Waals surface area contributed by atoms with Crippen molar-refractivity contribution >= 4 is 28.2 Å². The maximum absolute atomic E-state index is 11.9. The summed E-state index contributed by atoms with van der Waals surface area (Å²) in [5.74, 6) is -1.41. The summed E-state index contributed by atoms with van der Waals surface area (Å²) in [7, 11) is 0. The van der Waals surface area contributed by atoms with Crippen molar-refractivity contribution in [1.82, 2.24) is 4.90 Å². The van der Waals surface area contributed by atoms with E-state index < -0.39 is 11.9 Å². The van der Waals surface area contributed by atoms with Crippen LogP contribution in [0.3, 0.4) is 0 Å². The second-order valence-electron chi connectivity index (χ2n) is 4.94. The van der Waals surface area contributed by atoms with Crippen LogP contribution in [0.25, 0.3) is 0 Å². The van der Waals surface area contributed by atoms with E-state index in [4.69, 9.17) is 10.4 Å². The molecule has 7 heteroatoms. The lowest BCUT2D eigenvalue weighted by molar-refractivity contribution is -0.142. The van der Waals surface area contributed by atoms with Crippen LogP contribution in [0.4, 0.5) is 5.00 Å². The molecule has 2 heterocycles. The fraction of sp³-hybridized carbons (Fsp3) is 0.462. The normalized spacial score (nSPS) is 22.4. The largest absolute Gasteiger partial charge is 0.481 e. The summed E-state index contributed by atoms with van der Waals surface area (Å²) in [6.45, 7) is 3.01. The quantitative estimate of drug-likeness (QED) is 0.870. The van der Waals surface area contributed by atoms with Gasteiger partial charge < -0.3 is 10.4 Å². The molecule has 1 aliphatic heterocycles. The molecule has 6 nitrogen and oxygen atoms in total. The fourth-order valence-electron chi connectivity index (χ4n) is 2.38. The predicted molar refractivity (Wildman–Crippen MR) is 74.4 cm³/mol. The van der Waals surface area contributed by atoms with Gasteiger partial charge in [0.15, 0.2) is 0 Å². The third-order valence-corrected chi connectivity index (χ3v) is 4.24. The number of nitriles is 1. The number of amides is 1. The molecule has 0 saturated carbocycles. The monoisotopic (exact) mass is 293 g/mol. The van der Waals surface area contributed by atoms with Crippen molar-refractivity contribution in [2.24, 2.45) is 11.8 Å². The van der Waals surface area contributed by atoms with E-state index in [0.29, 0.717) is 23.7 Å². The molecule has 2 unspecified atom stereocenters. The van der Waals surface area contributed by atoms with Crippen molar-refractivity contribution in [3.8, 4) is 6.07 Å². The van der Waals surface area contributed by atoms with E-state index in [9.17, 15) is 9.59 Å². The summed E-state index contributed by atoms with van der Waals surface area (Å²) >= 11 is 1.30. The minimum Gasteiger partial charge on any atom is -0.481 e. The summed E-state index contributed by atoms with van der Waals surface area (Å²) in [4.78, 5) is 24.8. The van der Waals surface area contributed by atoms with Crippen molar-refractivity contribution in [2.45, 2.75) is 6.92 Å². The smallest absolute Gasteiger partial charge is 0.308 e. The Morgan fingerprint density at radius 1 is 1.60 bits per heavy atom. The predicted octanol–water partition coefficient (Wildman–Crippen LogP) is 1.21. The highest BCUT2D eigenvalue weighted by molar-refractivity contribution is 7.14. The number of carbonyl (C=O) groups excluding carboxylic acids is 1. The number of carboxylic acids is 1. The number of carbonyl (C=O) groups is 2. The number of hydrogen-bond donors (Lipinski definition) is 2. The van der Waals surface area contributed by atoms with Gasteiger partial charge in [-0.2, -0.15) is 5.26 Å². The maximum Gasteiger partial charge on any atom is 0.308 e. The SMILES string of the molecule is CC1CN(CC(=O)Nc2sccc2C#N)CC1C(=O)O. The molecule has 1 aromatic rings. The standard InChI is InChI=1S/C13H15N3O3S/c1-8-5-16(6-10(8)13(18)19)7-11(17)15-12-9(4-14)2-3-20-12/h2-3,8,10H,5-7H2,1H3,(H,15,17)(H,18,19). The number of nitrogens with one attached hydrogen (secondary N) is 1. The average Bonchev–Trinajstić information content (AvgIpc) is 2.95. The minimum atomic E-state index is -0.814. The van der Waals surface area contributed by atoms with Gasteiger partial charge in [0.2, 0.25) is 5.91 Å². The van der Waals surface area contributed by atoms with Gasteiger partial charge in [-0.25, -0.2) is 0 Å². The van der Waals surface area contributed by atoms with Crippen molar-refractivity contribution < 1.29 is 14.7 Å². The fourth-order valence-corrected chi connectivity index (χ4v) is 3.13. The third kappa shape index (κ3) is 3.15. The molecule has 2 atom stereocenters. The van der Waals surface area contributed by atoms with E-state index in [0.717, 1.165) is 0 Å². The summed E-state index contributed by atoms with van der Waals surface area (Å²) in [5.41, 5.74) is 0.446. The van der Waals surface area contributed by atoms with Crippen LogP contribution in [0, 0.1) is 23.2 Å². The van der Waals surface area contributed by atoms with Gasteiger partial charge in [0.1, 0.15) is 11.1 Å². The molecule has 0 spiro atoms. The van der Waals surface area contributed by atoms with E-state index in [1.807, 2.05) is 17.9 Å². The molecule has 1 aliphatic rings. The van der Waals surface area contributed by atoms with Crippen LogP contribution in [-0.4, -0.2) is 41.5 Å². The van der Waals surface area contributed by atoms with Crippen LogP contribution in [0.2, 0.25) is 0 Å². The van der Waals surface area contributed by atoms with Crippen LogP contribution in [0.1, 0.15) is 12.5 Å². The number of carboxylic acid groups (broad SMARTS) is 1. The van der Waals surface area contributed by atoms with Gasteiger partial charge in [-0.3, -0.25) is 14.5 Å². The van der Waals surface area contributed by atoms with E-state index in [1.54, 1.807) is 11.4 Å². The van der Waals surface area contributed by atoms with Gasteiger partial charge in [0.05, 0.1) is 18.0 Å². The first-order valence-corrected chi connectivity index (χ1v) is 7.12. The molecular weight excluding hydrogens is 278 g/mol. The molecule has 1 aromatic heterocycles. The summed E-state index contributed by atoms with van der Waals surface area (Å²) < 4.78 is 0. The zero-order valence-electron chi connectivity index (χ0n) is 11.0. The molecule has 1 saturated heterocycles. The zero-order chi connectivity index (χ0) is 14.7. The van der Waals surface area contributed by atoms with Gasteiger partial charge in [-0.15, -0.1) is 11.3 Å². The number of anilines is 1. The van der Waals surface area contributed by atoms with Crippen molar-refractivity contribution in [3.63, 3.8) is 0 Å². The van der Waals surface area contributed by atoms with Gasteiger partial charge in [-0.1, -0.05) is 6.92 Å². The number of likely N-dealkylation sites (tertiary alicyclic amines) is 1. The molecule has 0 radical (unpaired) electrons. The number of aliphatic carboxylic acids is 1. The second kappa shape index (κ2) is 6.03. The van der Waals surface area contributed by atoms with Gasteiger partial charge in [0.25, 0.3) is 0 Å². The molecule has 20 heavy (non-hydrogen) atoms. The number of nitrogens with zero attached hydrogens (tertiary/aromatic N) is 2. The van der Waals surface area contributed by atoms with Crippen LogP contribution in [-0.2, 0) is 9.59 Å². The molecule has 0 bridgehead atoms. The van der Waals surface area contributed by atoms with E-state index in [2.05, 4.69) is 5.32 Å². The van der Waals surface area contributed by atoms with Crippen molar-refractivity contribution in [1.29, 1.82) is 5.26 Å². The average molecular weight is 293 g/mol. The lowest BCUT2D eigenvalue weighted by Crippen LogP contribution is -2.32. The lowest BCUT2D eigenvalue weighted by atomic mass is 9.99. The third-order valence-electron chi connectivity index (χ3n) is 3.41. The Bertz CT molecular complexity index is 563. The van der Waals surface area contributed by atoms with E-state index >= 15 is 0 Å². The van der Waals surface area contributed by atoms with Crippen LogP contribution >= 0.6 is 11.3 Å². The van der Waals surface area contributed by atoms with Crippen LogP contribution in [0.15, 0.2) is 11.4 Å². The molecule has 1 fully saturated rings. The Balaban J connectivity index is 1.90. The highest BCUT2D eigenvalue weighted by atomic mass is 32.1. The molecule has 2 rings (SSSR count). The van der Waals surface area contributed by atoms with Gasteiger partial charge in [-0.05, 0) is 17.4 Å². The molecule has 0 aromatic carbocycles. The number of hydrogen-bond acceptors (Lipinski definition) is 5. The lowest BCUT2D eigenvalue weighted by Gasteiger charge is -2.14. The summed E-state index contributed by atoms with van der Waals surface area (Å²) in [6, 6.07) is 3.66. The number of thiophene rings is 1. The first-order valence-electron chi connectivity index (χ1n) is 6.24. The Hall–Kier alpha value is -1.91. The Labute approximate surface area is 120 Å². The van der Waals surface area contributed by atoms with Gasteiger partial charge >= 0.3 is 5.97 Å². The van der Waals surface area contributed by atoms with Crippen molar-refractivity contribution in [3.05, 3.63) is 17.0 Å². The Kier molecular flexibility index (Phi) is 4.37. The van der Waals surface area contributed by atoms with Crippen LogP contribution < -0.4 is 5.32 Å². The molecule has 1 amide bonds. The summed E-state index contributed by atoms with van der Waals surface area (Å²) in [6.07, 6.45) is 0. The Morgan fingerprint density at radius 3 is 2.95 bits per heavy atom. The van der Waals surface area contributed by atoms with Crippen molar-refractivity contribution in [2.75, 3.05) is 25.0 Å². The van der Waals surface area contributed by atoms with Crippen LogP contribution in [0.5, 0.6) is 0 Å². The highest BCUT2D eigenvalue weighted by Gasteiger charge is 2.35. The minimum absolute atomic E-state index is 0.0386. The molecule has 2 N–H and O–H groups in total. The topological polar surface area (TPSA) is 93.4 Å². The Morgan fingerprint density at radius 2 is 2.35 bits per heavy atom. The zero-order valence-corrected chi connectivity index (χ0v) is 11.8. The molecule has 106 valence electrons. The van der Waals surface area contributed by atoms with Gasteiger partial charge in [0, 0.05) is 13.1 Å². The second-order valence-corrected chi connectivity index (χ2v) is 5.86. The number of rotatable bonds is 4. The van der Waals surface area contributed by atoms with E-state index in [-0.39, 0.29) is 18.4 Å². The highest BCUT2D eigenvalue weighted by Crippen LogP contribution is 2.24. The van der Waals surface area contributed by atoms with E-state index in [1.165, 1.54) is 11.3 Å². The molecule has 0 aliphatic carbocycles. The molecular formula is C13H15N3O3S. The first kappa shape index (κ1) is 14.5. The maximum atomic E-state index is 11.9. The first-order chi connectivity index (χ1) is 9.51. The summed E-state index contributed by atoms with van der Waals surface area (Å²) in [5, 5.41) is 22.9.